The highest BCUT2D eigenvalue weighted by atomic mass is 32.2. The van der Waals surface area contributed by atoms with Gasteiger partial charge in [-0.3, -0.25) is 0 Å². The van der Waals surface area contributed by atoms with Gasteiger partial charge in [-0.15, -0.1) is 0 Å². The van der Waals surface area contributed by atoms with Crippen molar-refractivity contribution in [1.82, 2.24) is 0 Å². The Balaban J connectivity index is 2.69. The third-order valence-electron chi connectivity index (χ3n) is 2.08. The average Bonchev–Trinajstić information content (AvgIpc) is 2.17. The predicted molar refractivity (Wildman–Crippen MR) is 43.3 cm³/mol. The van der Waals surface area contributed by atoms with Crippen molar-refractivity contribution in [2.75, 3.05) is 6.26 Å². The molecule has 0 unspecified atom stereocenters. The molecule has 66 valence electrons. The van der Waals surface area contributed by atoms with Gasteiger partial charge in [0.15, 0.2) is 0 Å². The first-order chi connectivity index (χ1) is 5.09. The molecule has 4 nitrogen and oxygen atoms in total. The molecule has 0 aromatic rings. The molecule has 1 saturated carbocycles. The summed E-state index contributed by atoms with van der Waals surface area (Å²) < 4.78 is 0. The molecule has 0 radical (unpaired) electrons. The quantitative estimate of drug-likeness (QED) is 0.379. The van der Waals surface area contributed by atoms with Gasteiger partial charge in [0.2, 0.25) is 0 Å². The molecule has 0 aliphatic heterocycles. The SMILES string of the molecule is CS[C@@H]1[C@@H](N)[C@@H](O)[C@H](O)[C@H]1O. The summed E-state index contributed by atoms with van der Waals surface area (Å²) in [5, 5.41) is 27.4. The molecule has 5 N–H and O–H groups in total. The fraction of sp³-hybridized carbons (Fsp3) is 1.00. The lowest BCUT2D eigenvalue weighted by molar-refractivity contribution is -0.0198. The number of rotatable bonds is 1. The topological polar surface area (TPSA) is 86.7 Å². The van der Waals surface area contributed by atoms with Crippen LogP contribution in [0, 0.1) is 0 Å². The second-order valence-electron chi connectivity index (χ2n) is 2.75. The third kappa shape index (κ3) is 1.39. The van der Waals surface area contributed by atoms with E-state index in [4.69, 9.17) is 10.8 Å². The van der Waals surface area contributed by atoms with Gasteiger partial charge in [-0.1, -0.05) is 0 Å². The minimum atomic E-state index is -1.09. The number of nitrogens with two attached hydrogens (primary N) is 1. The molecule has 0 aromatic heterocycles. The number of aliphatic hydroxyl groups is 3. The smallest absolute Gasteiger partial charge is 0.108 e. The van der Waals surface area contributed by atoms with Crippen LogP contribution in [-0.4, -0.2) is 51.2 Å². The molecule has 0 amide bonds. The van der Waals surface area contributed by atoms with E-state index in [1.807, 2.05) is 0 Å². The summed E-state index contributed by atoms with van der Waals surface area (Å²) in [5.74, 6) is 0. The molecule has 0 bridgehead atoms. The molecule has 1 aliphatic carbocycles. The van der Waals surface area contributed by atoms with Gasteiger partial charge in [-0.25, -0.2) is 0 Å². The van der Waals surface area contributed by atoms with Crippen LogP contribution in [0.3, 0.4) is 0 Å². The maximum atomic E-state index is 9.29. The number of aliphatic hydroxyl groups excluding tert-OH is 3. The standard InChI is InChI=1S/C6H13NO3S/c1-11-6-2(7)3(8)4(9)5(6)10/h2-6,8-10H,7H2,1H3/t2-,3+,4-,5+,6+/m0/s1. The Bertz CT molecular complexity index is 132. The molecule has 1 rings (SSSR count). The van der Waals surface area contributed by atoms with Crippen molar-refractivity contribution >= 4 is 11.8 Å². The van der Waals surface area contributed by atoms with Crippen LogP contribution in [0.25, 0.3) is 0 Å². The summed E-state index contributed by atoms with van der Waals surface area (Å²) in [7, 11) is 0. The molecule has 11 heavy (non-hydrogen) atoms. The largest absolute Gasteiger partial charge is 0.389 e. The van der Waals surface area contributed by atoms with Gasteiger partial charge in [-0.05, 0) is 6.26 Å². The fourth-order valence-corrected chi connectivity index (χ4v) is 2.26. The summed E-state index contributed by atoms with van der Waals surface area (Å²) in [6.07, 6.45) is -1.21. The van der Waals surface area contributed by atoms with E-state index in [9.17, 15) is 10.2 Å². The number of thioether (sulfide) groups is 1. The minimum Gasteiger partial charge on any atom is -0.389 e. The van der Waals surface area contributed by atoms with Gasteiger partial charge in [0.05, 0.1) is 17.5 Å². The molecule has 1 fully saturated rings. The van der Waals surface area contributed by atoms with E-state index in [-0.39, 0.29) is 5.25 Å². The summed E-state index contributed by atoms with van der Waals surface area (Å²) in [6.45, 7) is 0. The Labute approximate surface area is 69.4 Å². The summed E-state index contributed by atoms with van der Waals surface area (Å²) in [5.41, 5.74) is 5.52. The van der Waals surface area contributed by atoms with Crippen molar-refractivity contribution in [3.8, 4) is 0 Å². The minimum absolute atomic E-state index is 0.264. The Morgan fingerprint density at radius 1 is 1.09 bits per heavy atom. The first kappa shape index (κ1) is 9.28. The zero-order chi connectivity index (χ0) is 8.59. The van der Waals surface area contributed by atoms with Crippen molar-refractivity contribution in [1.29, 1.82) is 0 Å². The van der Waals surface area contributed by atoms with Gasteiger partial charge in [-0.2, -0.15) is 11.8 Å². The summed E-state index contributed by atoms with van der Waals surface area (Å²) >= 11 is 1.36. The lowest BCUT2D eigenvalue weighted by Crippen LogP contribution is -2.39. The first-order valence-corrected chi connectivity index (χ1v) is 4.71. The van der Waals surface area contributed by atoms with E-state index < -0.39 is 24.4 Å². The van der Waals surface area contributed by atoms with Gasteiger partial charge < -0.3 is 21.1 Å². The normalized spacial score (nSPS) is 51.5. The van der Waals surface area contributed by atoms with Gasteiger partial charge in [0.1, 0.15) is 6.10 Å². The maximum Gasteiger partial charge on any atom is 0.108 e. The van der Waals surface area contributed by atoms with Crippen molar-refractivity contribution in [3.63, 3.8) is 0 Å². The molecular weight excluding hydrogens is 166 g/mol. The van der Waals surface area contributed by atoms with Crippen LogP contribution in [0.15, 0.2) is 0 Å². The van der Waals surface area contributed by atoms with Crippen LogP contribution in [0.4, 0.5) is 0 Å². The molecule has 5 atom stereocenters. The molecule has 0 spiro atoms. The maximum absolute atomic E-state index is 9.29. The van der Waals surface area contributed by atoms with Crippen LogP contribution >= 0.6 is 11.8 Å². The van der Waals surface area contributed by atoms with E-state index in [0.717, 1.165) is 0 Å². The van der Waals surface area contributed by atoms with Crippen LogP contribution < -0.4 is 5.73 Å². The van der Waals surface area contributed by atoms with Crippen molar-refractivity contribution < 1.29 is 15.3 Å². The average molecular weight is 179 g/mol. The number of hydrogen-bond donors (Lipinski definition) is 4. The summed E-state index contributed by atoms with van der Waals surface area (Å²) in [4.78, 5) is 0. The highest BCUT2D eigenvalue weighted by Crippen LogP contribution is 2.28. The second-order valence-corrected chi connectivity index (χ2v) is 3.77. The number of hydrogen-bond acceptors (Lipinski definition) is 5. The fourth-order valence-electron chi connectivity index (χ4n) is 1.34. The van der Waals surface area contributed by atoms with Gasteiger partial charge in [0.25, 0.3) is 0 Å². The van der Waals surface area contributed by atoms with Crippen molar-refractivity contribution in [2.45, 2.75) is 29.6 Å². The highest BCUT2D eigenvalue weighted by Gasteiger charge is 2.46. The van der Waals surface area contributed by atoms with Crippen molar-refractivity contribution in [3.05, 3.63) is 0 Å². The van der Waals surface area contributed by atoms with E-state index in [1.54, 1.807) is 6.26 Å². The van der Waals surface area contributed by atoms with E-state index in [2.05, 4.69) is 0 Å². The van der Waals surface area contributed by atoms with E-state index in [1.165, 1.54) is 11.8 Å². The van der Waals surface area contributed by atoms with Gasteiger partial charge >= 0.3 is 0 Å². The Morgan fingerprint density at radius 3 is 1.82 bits per heavy atom. The van der Waals surface area contributed by atoms with Crippen LogP contribution in [0.2, 0.25) is 0 Å². The molecule has 5 heteroatoms. The highest BCUT2D eigenvalue weighted by molar-refractivity contribution is 7.99. The molecule has 0 heterocycles. The zero-order valence-electron chi connectivity index (χ0n) is 6.21. The lowest BCUT2D eigenvalue weighted by atomic mass is 10.2. The van der Waals surface area contributed by atoms with Gasteiger partial charge in [0, 0.05) is 6.04 Å². The Kier molecular flexibility index (Phi) is 2.77. The van der Waals surface area contributed by atoms with E-state index in [0.29, 0.717) is 0 Å². The third-order valence-corrected chi connectivity index (χ3v) is 3.22. The molecule has 0 aromatic carbocycles. The van der Waals surface area contributed by atoms with Crippen LogP contribution in [0.5, 0.6) is 0 Å². The van der Waals surface area contributed by atoms with Crippen molar-refractivity contribution in [2.24, 2.45) is 5.73 Å². The molecule has 0 saturated heterocycles. The summed E-state index contributed by atoms with van der Waals surface area (Å²) in [6, 6.07) is -0.532. The van der Waals surface area contributed by atoms with Crippen LogP contribution in [-0.2, 0) is 0 Å². The molecular formula is C6H13NO3S. The Morgan fingerprint density at radius 2 is 1.64 bits per heavy atom. The monoisotopic (exact) mass is 179 g/mol. The van der Waals surface area contributed by atoms with E-state index >= 15 is 0 Å². The van der Waals surface area contributed by atoms with Crippen LogP contribution in [0.1, 0.15) is 0 Å². The Hall–Kier alpha value is 0.190. The zero-order valence-corrected chi connectivity index (χ0v) is 7.03. The second kappa shape index (κ2) is 3.28. The first-order valence-electron chi connectivity index (χ1n) is 3.42. The lowest BCUT2D eigenvalue weighted by Gasteiger charge is -2.15. The molecule has 1 aliphatic rings. The predicted octanol–water partition coefficient (Wildman–Crippen LogP) is -1.86.